The smallest absolute Gasteiger partial charge is 0.277 e. The molecule has 0 bridgehead atoms. The Morgan fingerprint density at radius 1 is 1.35 bits per heavy atom. The van der Waals surface area contributed by atoms with Crippen LogP contribution in [0, 0.1) is 6.92 Å². The van der Waals surface area contributed by atoms with Crippen LogP contribution in [0.15, 0.2) is 46.0 Å². The van der Waals surface area contributed by atoms with Crippen molar-refractivity contribution < 1.29 is 9.53 Å². The van der Waals surface area contributed by atoms with E-state index in [1.807, 2.05) is 19.1 Å². The molecule has 2 rings (SSSR count). The third kappa shape index (κ3) is 5.23. The van der Waals surface area contributed by atoms with Gasteiger partial charge in [0.1, 0.15) is 5.75 Å². The minimum absolute atomic E-state index is 0.137. The number of rotatable bonds is 5. The molecule has 0 unspecified atom stereocenters. The highest BCUT2D eigenvalue weighted by Crippen LogP contribution is 2.24. The topological polar surface area (TPSA) is 50.7 Å². The lowest BCUT2D eigenvalue weighted by atomic mass is 10.2. The Bertz CT molecular complexity index is 751. The lowest BCUT2D eigenvalue weighted by Gasteiger charge is -2.06. The van der Waals surface area contributed by atoms with Crippen molar-refractivity contribution in [1.82, 2.24) is 5.43 Å². The molecule has 2 aromatic carbocycles. The van der Waals surface area contributed by atoms with Gasteiger partial charge in [-0.2, -0.15) is 5.10 Å². The Balaban J connectivity index is 1.86. The van der Waals surface area contributed by atoms with E-state index in [9.17, 15) is 4.79 Å². The number of hydrogen-bond acceptors (Lipinski definition) is 3. The Morgan fingerprint density at radius 2 is 2.13 bits per heavy atom. The lowest BCUT2D eigenvalue weighted by molar-refractivity contribution is -0.123. The molecular formula is C16H13BrCl2N2O2. The van der Waals surface area contributed by atoms with Gasteiger partial charge in [-0.25, -0.2) is 5.43 Å². The number of halogens is 3. The molecule has 0 saturated carbocycles. The Labute approximate surface area is 152 Å². The molecule has 0 spiro atoms. The van der Waals surface area contributed by atoms with Crippen molar-refractivity contribution in [3.63, 3.8) is 0 Å². The van der Waals surface area contributed by atoms with Gasteiger partial charge >= 0.3 is 0 Å². The van der Waals surface area contributed by atoms with Crippen molar-refractivity contribution in [2.75, 3.05) is 6.61 Å². The van der Waals surface area contributed by atoms with E-state index in [1.165, 1.54) is 6.21 Å². The maximum atomic E-state index is 11.7. The van der Waals surface area contributed by atoms with Crippen molar-refractivity contribution >= 4 is 51.3 Å². The first-order valence-electron chi connectivity index (χ1n) is 6.62. The normalized spacial score (nSPS) is 10.8. The van der Waals surface area contributed by atoms with E-state index in [1.54, 1.807) is 24.3 Å². The summed E-state index contributed by atoms with van der Waals surface area (Å²) in [6.07, 6.45) is 1.43. The molecule has 7 heteroatoms. The summed E-state index contributed by atoms with van der Waals surface area (Å²) in [7, 11) is 0. The van der Waals surface area contributed by atoms with Gasteiger partial charge in [0.25, 0.3) is 5.91 Å². The van der Waals surface area contributed by atoms with E-state index in [-0.39, 0.29) is 12.5 Å². The molecule has 0 fully saturated rings. The summed E-state index contributed by atoms with van der Waals surface area (Å²) in [6, 6.07) is 10.6. The summed E-state index contributed by atoms with van der Waals surface area (Å²) >= 11 is 15.3. The quantitative estimate of drug-likeness (QED) is 0.573. The fraction of sp³-hybridized carbons (Fsp3) is 0.125. The summed E-state index contributed by atoms with van der Waals surface area (Å²) in [6.45, 7) is 1.80. The summed E-state index contributed by atoms with van der Waals surface area (Å²) in [5.41, 5.74) is 4.01. The van der Waals surface area contributed by atoms with Gasteiger partial charge in [0.05, 0.1) is 16.3 Å². The highest BCUT2D eigenvalue weighted by molar-refractivity contribution is 9.10. The van der Waals surface area contributed by atoms with E-state index < -0.39 is 0 Å². The van der Waals surface area contributed by atoms with E-state index in [4.69, 9.17) is 27.9 Å². The first-order valence-corrected chi connectivity index (χ1v) is 8.17. The number of aryl methyl sites for hydroxylation is 1. The van der Waals surface area contributed by atoms with Crippen LogP contribution in [0.4, 0.5) is 0 Å². The van der Waals surface area contributed by atoms with Gasteiger partial charge in [0.15, 0.2) is 6.61 Å². The Hall–Kier alpha value is -1.56. The number of amides is 1. The van der Waals surface area contributed by atoms with Crippen LogP contribution >= 0.6 is 39.1 Å². The molecule has 0 radical (unpaired) electrons. The van der Waals surface area contributed by atoms with Gasteiger partial charge in [0, 0.05) is 10.0 Å². The molecular weight excluding hydrogens is 403 g/mol. The molecule has 0 heterocycles. The summed E-state index contributed by atoms with van der Waals surface area (Å²) < 4.78 is 6.38. The van der Waals surface area contributed by atoms with Gasteiger partial charge in [-0.15, -0.1) is 0 Å². The number of carbonyl (C=O) groups is 1. The SMILES string of the molecule is Cc1cc(OCC(=O)N/N=C/c2cccc(Cl)c2Cl)ccc1Br. The second-order valence-electron chi connectivity index (χ2n) is 4.64. The zero-order chi connectivity index (χ0) is 16.8. The fourth-order valence-electron chi connectivity index (χ4n) is 1.68. The van der Waals surface area contributed by atoms with Gasteiger partial charge in [-0.3, -0.25) is 4.79 Å². The molecule has 0 atom stereocenters. The summed E-state index contributed by atoms with van der Waals surface area (Å²) in [4.78, 5) is 11.7. The molecule has 4 nitrogen and oxygen atoms in total. The molecule has 0 saturated heterocycles. The highest BCUT2D eigenvalue weighted by atomic mass is 79.9. The minimum Gasteiger partial charge on any atom is -0.484 e. The van der Waals surface area contributed by atoms with Crippen LogP contribution in [0.25, 0.3) is 0 Å². The number of carbonyl (C=O) groups excluding carboxylic acids is 1. The Morgan fingerprint density at radius 3 is 2.87 bits per heavy atom. The number of nitrogens with one attached hydrogen (secondary N) is 1. The molecule has 0 aliphatic heterocycles. The van der Waals surface area contributed by atoms with Gasteiger partial charge in [-0.05, 0) is 36.8 Å². The molecule has 23 heavy (non-hydrogen) atoms. The largest absolute Gasteiger partial charge is 0.484 e. The number of ether oxygens (including phenoxy) is 1. The van der Waals surface area contributed by atoms with Crippen LogP contribution in [-0.2, 0) is 4.79 Å². The first kappa shape index (κ1) is 17.8. The van der Waals surface area contributed by atoms with Gasteiger partial charge < -0.3 is 4.74 Å². The zero-order valence-electron chi connectivity index (χ0n) is 12.1. The van der Waals surface area contributed by atoms with Gasteiger partial charge in [0.2, 0.25) is 0 Å². The molecule has 0 aliphatic carbocycles. The number of hydrogen-bond donors (Lipinski definition) is 1. The predicted molar refractivity (Wildman–Crippen MR) is 96.6 cm³/mol. The fourth-order valence-corrected chi connectivity index (χ4v) is 2.29. The van der Waals surface area contributed by atoms with Crippen molar-refractivity contribution in [2.24, 2.45) is 5.10 Å². The Kier molecular flexibility index (Phi) is 6.45. The molecule has 120 valence electrons. The average molecular weight is 416 g/mol. The van der Waals surface area contributed by atoms with E-state index in [0.717, 1.165) is 10.0 Å². The van der Waals surface area contributed by atoms with Gasteiger partial charge in [-0.1, -0.05) is 51.3 Å². The summed E-state index contributed by atoms with van der Waals surface area (Å²) in [5.74, 6) is 0.239. The van der Waals surface area contributed by atoms with Crippen molar-refractivity contribution in [3.05, 3.63) is 62.0 Å². The number of hydrazone groups is 1. The third-order valence-corrected chi connectivity index (χ3v) is 4.60. The standard InChI is InChI=1S/C16H13BrCl2N2O2/c1-10-7-12(5-6-13(10)17)23-9-15(22)21-20-8-11-3-2-4-14(18)16(11)19/h2-8H,9H2,1H3,(H,21,22)/b20-8+. The average Bonchev–Trinajstić information content (AvgIpc) is 2.52. The number of benzene rings is 2. The maximum absolute atomic E-state index is 11.7. The predicted octanol–water partition coefficient (Wildman–Crippen LogP) is 4.59. The second kappa shape index (κ2) is 8.34. The summed E-state index contributed by atoms with van der Waals surface area (Å²) in [5, 5.41) is 4.64. The molecule has 2 aromatic rings. The molecule has 1 N–H and O–H groups in total. The maximum Gasteiger partial charge on any atom is 0.277 e. The lowest BCUT2D eigenvalue weighted by Crippen LogP contribution is -2.24. The van der Waals surface area contributed by atoms with Crippen LogP contribution in [0.5, 0.6) is 5.75 Å². The molecule has 0 aliphatic rings. The van der Waals surface area contributed by atoms with E-state index in [2.05, 4.69) is 26.5 Å². The minimum atomic E-state index is -0.375. The van der Waals surface area contributed by atoms with Crippen LogP contribution in [0.1, 0.15) is 11.1 Å². The van der Waals surface area contributed by atoms with Crippen LogP contribution in [0.2, 0.25) is 10.0 Å². The van der Waals surface area contributed by atoms with Crippen molar-refractivity contribution in [1.29, 1.82) is 0 Å². The van der Waals surface area contributed by atoms with Crippen LogP contribution < -0.4 is 10.2 Å². The molecule has 0 aromatic heterocycles. The second-order valence-corrected chi connectivity index (χ2v) is 6.28. The van der Waals surface area contributed by atoms with E-state index >= 15 is 0 Å². The third-order valence-electron chi connectivity index (χ3n) is 2.87. The van der Waals surface area contributed by atoms with Crippen molar-refractivity contribution in [2.45, 2.75) is 6.92 Å². The van der Waals surface area contributed by atoms with E-state index in [0.29, 0.717) is 21.4 Å². The van der Waals surface area contributed by atoms with Crippen molar-refractivity contribution in [3.8, 4) is 5.75 Å². The first-order chi connectivity index (χ1) is 11.0. The zero-order valence-corrected chi connectivity index (χ0v) is 15.2. The van der Waals surface area contributed by atoms with Crippen LogP contribution in [-0.4, -0.2) is 18.7 Å². The monoisotopic (exact) mass is 414 g/mol. The number of nitrogens with zero attached hydrogens (tertiary/aromatic N) is 1. The molecule has 1 amide bonds. The van der Waals surface area contributed by atoms with Crippen LogP contribution in [0.3, 0.4) is 0 Å². The highest BCUT2D eigenvalue weighted by Gasteiger charge is 2.04.